The highest BCUT2D eigenvalue weighted by Gasteiger charge is 2.63. The number of carbonyl (C=O) groups excluding carboxylic acids is 5. The molecule has 1 aliphatic heterocycles. The molecule has 1 N–H and O–H groups in total. The minimum atomic E-state index is -2.04. The Labute approximate surface area is 241 Å². The number of carbonyl (C=O) groups is 5. The molecular weight excluding hydrogens is 540 g/mol. The van der Waals surface area contributed by atoms with Crippen LogP contribution in [0.5, 0.6) is 0 Å². The van der Waals surface area contributed by atoms with Crippen LogP contribution in [0.2, 0.25) is 0 Å². The van der Waals surface area contributed by atoms with Crippen LogP contribution in [0.25, 0.3) is 0 Å². The summed E-state index contributed by atoms with van der Waals surface area (Å²) in [7, 11) is 0. The number of fused-ring (bicyclic) bond motifs is 1. The van der Waals surface area contributed by atoms with Crippen molar-refractivity contribution < 1.29 is 57.5 Å². The maximum atomic E-state index is 12.7. The summed E-state index contributed by atoms with van der Waals surface area (Å²) in [5, 5.41) is 12.0. The standard InChI is InChI=1S/C29H44O12/c1-16(2)9-23(32)36-13-20-14-37-27(40-24(33)10-17(3)4)26-21(20)11-22(39-18(5)30)29(26,35)15-38-25(34)12-28(7,8)41-19(6)31/h14,16-17,21-22,26-27,35H,9-13,15H2,1-8H3/t21-,22+,26-,27+,29-/m1/s1. The highest BCUT2D eigenvalue weighted by Crippen LogP contribution is 2.50. The van der Waals surface area contributed by atoms with Gasteiger partial charge in [0.1, 0.15) is 30.5 Å². The number of rotatable bonds is 13. The van der Waals surface area contributed by atoms with Gasteiger partial charge in [0, 0.05) is 38.2 Å². The first kappa shape index (κ1) is 34.1. The maximum Gasteiger partial charge on any atom is 0.309 e. The molecule has 0 spiro atoms. The third-order valence-electron chi connectivity index (χ3n) is 6.72. The fourth-order valence-corrected chi connectivity index (χ4v) is 5.15. The molecule has 0 aromatic heterocycles. The fourth-order valence-electron chi connectivity index (χ4n) is 5.15. The Hall–Kier alpha value is -3.15. The number of hydrogen-bond donors (Lipinski definition) is 1. The summed E-state index contributed by atoms with van der Waals surface area (Å²) in [5.74, 6) is -4.60. The molecule has 0 saturated heterocycles. The van der Waals surface area contributed by atoms with Crippen LogP contribution in [0, 0.1) is 23.7 Å². The molecule has 12 heteroatoms. The van der Waals surface area contributed by atoms with E-state index >= 15 is 0 Å². The first-order chi connectivity index (χ1) is 18.9. The molecule has 5 atom stereocenters. The van der Waals surface area contributed by atoms with Crippen LogP contribution < -0.4 is 0 Å². The molecule has 12 nitrogen and oxygen atoms in total. The molecule has 1 fully saturated rings. The lowest BCUT2D eigenvalue weighted by atomic mass is 9.80. The molecule has 0 bridgehead atoms. The Bertz CT molecular complexity index is 1010. The zero-order valence-corrected chi connectivity index (χ0v) is 25.2. The molecule has 0 aromatic rings. The van der Waals surface area contributed by atoms with Crippen molar-refractivity contribution in [2.24, 2.45) is 23.7 Å². The summed E-state index contributed by atoms with van der Waals surface area (Å²) in [5.41, 5.74) is -2.72. The van der Waals surface area contributed by atoms with Gasteiger partial charge >= 0.3 is 29.8 Å². The molecule has 1 heterocycles. The van der Waals surface area contributed by atoms with Crippen molar-refractivity contribution in [3.05, 3.63) is 11.8 Å². The normalized spacial score (nSPS) is 25.5. The van der Waals surface area contributed by atoms with Crippen LogP contribution in [0.4, 0.5) is 0 Å². The second-order valence-corrected chi connectivity index (χ2v) is 12.2. The van der Waals surface area contributed by atoms with Gasteiger partial charge in [-0.05, 0) is 32.1 Å². The van der Waals surface area contributed by atoms with Gasteiger partial charge in [-0.15, -0.1) is 0 Å². The van der Waals surface area contributed by atoms with Crippen LogP contribution in [-0.4, -0.2) is 71.8 Å². The van der Waals surface area contributed by atoms with Gasteiger partial charge in [-0.3, -0.25) is 24.0 Å². The Morgan fingerprint density at radius 2 is 1.56 bits per heavy atom. The van der Waals surface area contributed by atoms with Crippen LogP contribution in [-0.2, 0) is 52.4 Å². The van der Waals surface area contributed by atoms with E-state index in [2.05, 4.69) is 0 Å². The predicted octanol–water partition coefficient (Wildman–Crippen LogP) is 2.98. The molecule has 2 aliphatic rings. The fraction of sp³-hybridized carbons (Fsp3) is 0.759. The van der Waals surface area contributed by atoms with Crippen LogP contribution in [0.3, 0.4) is 0 Å². The van der Waals surface area contributed by atoms with Crippen molar-refractivity contribution in [3.8, 4) is 0 Å². The monoisotopic (exact) mass is 584 g/mol. The van der Waals surface area contributed by atoms with Gasteiger partial charge < -0.3 is 33.5 Å². The summed E-state index contributed by atoms with van der Waals surface area (Å²) in [6.45, 7) is 12.1. The van der Waals surface area contributed by atoms with Crippen LogP contribution in [0.15, 0.2) is 11.8 Å². The molecule has 2 rings (SSSR count). The number of esters is 5. The average Bonchev–Trinajstić information content (AvgIpc) is 3.07. The van der Waals surface area contributed by atoms with Gasteiger partial charge in [0.2, 0.25) is 6.29 Å². The molecule has 0 aromatic carbocycles. The first-order valence-electron chi connectivity index (χ1n) is 13.9. The lowest BCUT2D eigenvalue weighted by molar-refractivity contribution is -0.226. The zero-order chi connectivity index (χ0) is 31.1. The lowest BCUT2D eigenvalue weighted by Crippen LogP contribution is -2.55. The number of hydrogen-bond acceptors (Lipinski definition) is 12. The van der Waals surface area contributed by atoms with Crippen molar-refractivity contribution in [2.75, 3.05) is 13.2 Å². The summed E-state index contributed by atoms with van der Waals surface area (Å²) < 4.78 is 32.8. The Kier molecular flexibility index (Phi) is 11.8. The van der Waals surface area contributed by atoms with E-state index in [4.69, 9.17) is 28.4 Å². The van der Waals surface area contributed by atoms with E-state index in [1.807, 2.05) is 27.7 Å². The van der Waals surface area contributed by atoms with E-state index in [-0.39, 0.29) is 44.1 Å². The van der Waals surface area contributed by atoms with Crippen LogP contribution in [0.1, 0.15) is 81.1 Å². The molecule has 41 heavy (non-hydrogen) atoms. The third kappa shape index (κ3) is 10.0. The van der Waals surface area contributed by atoms with E-state index in [0.717, 1.165) is 0 Å². The third-order valence-corrected chi connectivity index (χ3v) is 6.72. The van der Waals surface area contributed by atoms with Crippen LogP contribution >= 0.6 is 0 Å². The van der Waals surface area contributed by atoms with E-state index < -0.39 is 71.9 Å². The van der Waals surface area contributed by atoms with E-state index in [1.165, 1.54) is 34.0 Å². The number of ether oxygens (including phenoxy) is 6. The lowest BCUT2D eigenvalue weighted by Gasteiger charge is -2.40. The molecule has 1 saturated carbocycles. The second-order valence-electron chi connectivity index (χ2n) is 12.2. The average molecular weight is 585 g/mol. The Morgan fingerprint density at radius 3 is 2.12 bits per heavy atom. The highest BCUT2D eigenvalue weighted by atomic mass is 16.7. The van der Waals surface area contributed by atoms with Crippen molar-refractivity contribution in [2.45, 2.75) is 105 Å². The molecule has 1 aliphatic carbocycles. The van der Waals surface area contributed by atoms with E-state index in [1.54, 1.807) is 0 Å². The van der Waals surface area contributed by atoms with E-state index in [9.17, 15) is 29.1 Å². The topological polar surface area (TPSA) is 161 Å². The van der Waals surface area contributed by atoms with Gasteiger partial charge in [-0.2, -0.15) is 0 Å². The smallest absolute Gasteiger partial charge is 0.309 e. The summed E-state index contributed by atoms with van der Waals surface area (Å²) in [6.07, 6.45) is -1.09. The second kappa shape index (κ2) is 14.2. The van der Waals surface area contributed by atoms with Crippen molar-refractivity contribution in [1.82, 2.24) is 0 Å². The Balaban J connectivity index is 2.37. The van der Waals surface area contributed by atoms with Crippen molar-refractivity contribution in [1.29, 1.82) is 0 Å². The summed E-state index contributed by atoms with van der Waals surface area (Å²) >= 11 is 0. The van der Waals surface area contributed by atoms with Crippen molar-refractivity contribution >= 4 is 29.8 Å². The predicted molar refractivity (Wildman–Crippen MR) is 142 cm³/mol. The SMILES string of the molecule is CC(=O)O[C@H]1C[C@@H]2C(COC(=O)CC(C)C)=CO[C@@H](OC(=O)CC(C)C)[C@@H]2[C@@]1(O)COC(=O)CC(C)(C)OC(C)=O. The van der Waals surface area contributed by atoms with Gasteiger partial charge in [0.05, 0.1) is 18.6 Å². The summed E-state index contributed by atoms with van der Waals surface area (Å²) in [4.78, 5) is 60.9. The largest absolute Gasteiger partial charge is 0.462 e. The maximum absolute atomic E-state index is 12.7. The zero-order valence-electron chi connectivity index (χ0n) is 25.2. The number of aliphatic hydroxyl groups is 1. The minimum Gasteiger partial charge on any atom is -0.462 e. The minimum absolute atomic E-state index is 0.00820. The molecule has 0 radical (unpaired) electrons. The summed E-state index contributed by atoms with van der Waals surface area (Å²) in [6, 6.07) is 0. The highest BCUT2D eigenvalue weighted by molar-refractivity contribution is 5.72. The molecule has 232 valence electrons. The molecule has 0 amide bonds. The van der Waals surface area contributed by atoms with Gasteiger partial charge in [-0.25, -0.2) is 0 Å². The van der Waals surface area contributed by atoms with E-state index in [0.29, 0.717) is 5.57 Å². The quantitative estimate of drug-likeness (QED) is 0.249. The molecule has 0 unspecified atom stereocenters. The van der Waals surface area contributed by atoms with Gasteiger partial charge in [-0.1, -0.05) is 27.7 Å². The molecular formula is C29H44O12. The van der Waals surface area contributed by atoms with Gasteiger partial charge in [0.15, 0.2) is 0 Å². The Morgan fingerprint density at radius 1 is 0.951 bits per heavy atom. The van der Waals surface area contributed by atoms with Crippen molar-refractivity contribution in [3.63, 3.8) is 0 Å². The van der Waals surface area contributed by atoms with Gasteiger partial charge in [0.25, 0.3) is 0 Å². The first-order valence-corrected chi connectivity index (χ1v) is 13.9.